The molecule has 0 fully saturated rings. The van der Waals surface area contributed by atoms with Gasteiger partial charge in [0.2, 0.25) is 0 Å². The highest BCUT2D eigenvalue weighted by atomic mass is 32.1. The summed E-state index contributed by atoms with van der Waals surface area (Å²) in [5.41, 5.74) is 2.59. The van der Waals surface area contributed by atoms with E-state index in [2.05, 4.69) is 5.32 Å². The largest absolute Gasteiger partial charge is 0.467 e. The number of hydrogen-bond acceptors (Lipinski definition) is 5. The molecule has 0 saturated carbocycles. The fourth-order valence-electron chi connectivity index (χ4n) is 3.44. The monoisotopic (exact) mass is 410 g/mol. The number of rotatable bonds is 4. The minimum atomic E-state index is -0.844. The molecule has 29 heavy (non-hydrogen) atoms. The molecule has 0 saturated heterocycles. The molecule has 3 heterocycles. The summed E-state index contributed by atoms with van der Waals surface area (Å²) in [6.45, 7) is 1.78. The Bertz CT molecular complexity index is 985. The van der Waals surface area contributed by atoms with Crippen LogP contribution < -0.4 is 5.32 Å². The second-order valence-electron chi connectivity index (χ2n) is 6.81. The van der Waals surface area contributed by atoms with Gasteiger partial charge in [0.25, 0.3) is 0 Å². The second kappa shape index (κ2) is 8.48. The molecule has 4 rings (SSSR count). The van der Waals surface area contributed by atoms with Crippen LogP contribution in [0.3, 0.4) is 0 Å². The van der Waals surface area contributed by atoms with E-state index in [1.807, 2.05) is 46.5 Å². The van der Waals surface area contributed by atoms with Crippen LogP contribution in [-0.4, -0.2) is 40.3 Å². The first-order valence-electron chi connectivity index (χ1n) is 9.44. The van der Waals surface area contributed by atoms with Gasteiger partial charge in [-0.15, -0.1) is 11.3 Å². The zero-order chi connectivity index (χ0) is 20.2. The van der Waals surface area contributed by atoms with Crippen molar-refractivity contribution < 1.29 is 14.3 Å². The molecule has 1 atom stereocenters. The summed E-state index contributed by atoms with van der Waals surface area (Å²) < 4.78 is 6.87. The molecule has 0 spiro atoms. The SMILES string of the molecule is COC(=O)[C@H](NC(=O)N1CCCn2nc(-c3cccs3)cc2C1)c1ccccc1. The summed E-state index contributed by atoms with van der Waals surface area (Å²) in [4.78, 5) is 28.1. The van der Waals surface area contributed by atoms with Crippen molar-refractivity contribution in [2.24, 2.45) is 0 Å². The van der Waals surface area contributed by atoms with Gasteiger partial charge in [-0.05, 0) is 29.5 Å². The number of carbonyl (C=O) groups is 2. The summed E-state index contributed by atoms with van der Waals surface area (Å²) in [6, 6.07) is 14.0. The number of amides is 2. The predicted molar refractivity (Wildman–Crippen MR) is 110 cm³/mol. The third-order valence-electron chi connectivity index (χ3n) is 4.91. The van der Waals surface area contributed by atoms with E-state index in [1.54, 1.807) is 28.4 Å². The van der Waals surface area contributed by atoms with E-state index in [-0.39, 0.29) is 6.03 Å². The van der Waals surface area contributed by atoms with Gasteiger partial charge in [-0.1, -0.05) is 36.4 Å². The van der Waals surface area contributed by atoms with Gasteiger partial charge in [-0.2, -0.15) is 5.10 Å². The summed E-state index contributed by atoms with van der Waals surface area (Å²) in [5.74, 6) is -0.496. The van der Waals surface area contributed by atoms with Crippen LogP contribution in [-0.2, 0) is 22.6 Å². The van der Waals surface area contributed by atoms with Gasteiger partial charge in [0.1, 0.15) is 5.69 Å². The molecule has 1 aromatic carbocycles. The summed E-state index contributed by atoms with van der Waals surface area (Å²) >= 11 is 1.64. The number of ether oxygens (including phenoxy) is 1. The lowest BCUT2D eigenvalue weighted by molar-refractivity contribution is -0.143. The van der Waals surface area contributed by atoms with Crippen molar-refractivity contribution in [2.45, 2.75) is 25.6 Å². The van der Waals surface area contributed by atoms with Crippen LogP contribution in [0.15, 0.2) is 53.9 Å². The molecular weight excluding hydrogens is 388 g/mol. The zero-order valence-electron chi connectivity index (χ0n) is 16.1. The molecule has 1 N–H and O–H groups in total. The number of aryl methyl sites for hydroxylation is 1. The Labute approximate surface area is 172 Å². The van der Waals surface area contributed by atoms with E-state index in [0.29, 0.717) is 18.7 Å². The van der Waals surface area contributed by atoms with Crippen LogP contribution in [0.25, 0.3) is 10.6 Å². The molecule has 0 aliphatic carbocycles. The molecule has 8 heteroatoms. The number of methoxy groups -OCH3 is 1. The lowest BCUT2D eigenvalue weighted by Crippen LogP contribution is -2.43. The van der Waals surface area contributed by atoms with Gasteiger partial charge in [-0.3, -0.25) is 4.68 Å². The highest BCUT2D eigenvalue weighted by molar-refractivity contribution is 7.13. The first-order valence-corrected chi connectivity index (χ1v) is 10.3. The normalized spacial score (nSPS) is 14.6. The smallest absolute Gasteiger partial charge is 0.333 e. The fourth-order valence-corrected chi connectivity index (χ4v) is 4.12. The van der Waals surface area contributed by atoms with Crippen LogP contribution in [0.4, 0.5) is 4.79 Å². The number of fused-ring (bicyclic) bond motifs is 1. The van der Waals surface area contributed by atoms with Crippen LogP contribution >= 0.6 is 11.3 Å². The fraction of sp³-hybridized carbons (Fsp3) is 0.286. The average Bonchev–Trinajstić information content (AvgIpc) is 3.38. The third kappa shape index (κ3) is 4.17. The van der Waals surface area contributed by atoms with Crippen molar-refractivity contribution in [3.63, 3.8) is 0 Å². The number of esters is 1. The maximum absolute atomic E-state index is 13.0. The second-order valence-corrected chi connectivity index (χ2v) is 7.76. The topological polar surface area (TPSA) is 76.5 Å². The number of urea groups is 1. The summed E-state index contributed by atoms with van der Waals surface area (Å²) in [7, 11) is 1.32. The quantitative estimate of drug-likeness (QED) is 0.669. The average molecular weight is 410 g/mol. The van der Waals surface area contributed by atoms with Crippen molar-refractivity contribution >= 4 is 23.3 Å². The number of aromatic nitrogens is 2. The molecule has 3 aromatic rings. The Morgan fingerprint density at radius 1 is 1.17 bits per heavy atom. The van der Waals surface area contributed by atoms with Crippen LogP contribution in [0.5, 0.6) is 0 Å². The van der Waals surface area contributed by atoms with E-state index in [1.165, 1.54) is 7.11 Å². The van der Waals surface area contributed by atoms with E-state index < -0.39 is 12.0 Å². The Balaban J connectivity index is 1.52. The van der Waals surface area contributed by atoms with Crippen LogP contribution in [0, 0.1) is 0 Å². The Morgan fingerprint density at radius 2 is 2.00 bits per heavy atom. The first-order chi connectivity index (χ1) is 14.2. The van der Waals surface area contributed by atoms with E-state index in [9.17, 15) is 9.59 Å². The molecule has 1 aliphatic heterocycles. The lowest BCUT2D eigenvalue weighted by Gasteiger charge is -2.24. The number of nitrogens with one attached hydrogen (secondary N) is 1. The molecule has 2 aromatic heterocycles. The highest BCUT2D eigenvalue weighted by Gasteiger charge is 2.27. The Hall–Kier alpha value is -3.13. The van der Waals surface area contributed by atoms with Gasteiger partial charge in [0.05, 0.1) is 24.2 Å². The molecule has 0 bridgehead atoms. The molecule has 2 amide bonds. The molecule has 1 aliphatic rings. The van der Waals surface area contributed by atoms with E-state index >= 15 is 0 Å². The lowest BCUT2D eigenvalue weighted by atomic mass is 10.1. The highest BCUT2D eigenvalue weighted by Crippen LogP contribution is 2.26. The molecule has 150 valence electrons. The number of carbonyl (C=O) groups excluding carboxylic acids is 2. The van der Waals surface area contributed by atoms with Crippen LogP contribution in [0.2, 0.25) is 0 Å². The summed E-state index contributed by atoms with van der Waals surface area (Å²) in [6.07, 6.45) is 0.792. The van der Waals surface area contributed by atoms with Gasteiger partial charge in [0, 0.05) is 13.1 Å². The molecule has 0 radical (unpaired) electrons. The molecule has 0 unspecified atom stereocenters. The molecule has 7 nitrogen and oxygen atoms in total. The van der Waals surface area contributed by atoms with Crippen molar-refractivity contribution in [1.82, 2.24) is 20.0 Å². The van der Waals surface area contributed by atoms with E-state index in [0.717, 1.165) is 29.2 Å². The minimum absolute atomic E-state index is 0.295. The maximum Gasteiger partial charge on any atom is 0.333 e. The number of hydrogen-bond donors (Lipinski definition) is 1. The number of benzene rings is 1. The minimum Gasteiger partial charge on any atom is -0.467 e. The Kier molecular flexibility index (Phi) is 5.62. The van der Waals surface area contributed by atoms with Crippen molar-refractivity contribution in [3.8, 4) is 10.6 Å². The maximum atomic E-state index is 13.0. The third-order valence-corrected chi connectivity index (χ3v) is 5.80. The Morgan fingerprint density at radius 3 is 2.72 bits per heavy atom. The first kappa shape index (κ1) is 19.2. The number of thiophene rings is 1. The van der Waals surface area contributed by atoms with Crippen molar-refractivity contribution in [3.05, 3.63) is 65.2 Å². The molecular formula is C21H22N4O3S. The van der Waals surface area contributed by atoms with Gasteiger partial charge in [-0.25, -0.2) is 9.59 Å². The van der Waals surface area contributed by atoms with E-state index in [4.69, 9.17) is 9.84 Å². The van der Waals surface area contributed by atoms with Crippen LogP contribution in [0.1, 0.15) is 23.7 Å². The predicted octanol–water partition coefficient (Wildman–Crippen LogP) is 3.44. The number of nitrogens with zero attached hydrogens (tertiary/aromatic N) is 3. The summed E-state index contributed by atoms with van der Waals surface area (Å²) in [5, 5.41) is 9.55. The van der Waals surface area contributed by atoms with Gasteiger partial charge in [0.15, 0.2) is 6.04 Å². The zero-order valence-corrected chi connectivity index (χ0v) is 16.9. The van der Waals surface area contributed by atoms with Crippen molar-refractivity contribution in [2.75, 3.05) is 13.7 Å². The standard InChI is InChI=1S/C21H22N4O3S/c1-28-20(26)19(15-7-3-2-4-8-15)22-21(27)24-10-6-11-25-16(14-24)13-17(23-25)18-9-5-12-29-18/h2-5,7-9,12-13,19H,6,10-11,14H2,1H3,(H,22,27)/t19-/m1/s1. The van der Waals surface area contributed by atoms with Crippen molar-refractivity contribution in [1.29, 1.82) is 0 Å². The van der Waals surface area contributed by atoms with Gasteiger partial charge < -0.3 is 15.0 Å². The van der Waals surface area contributed by atoms with Gasteiger partial charge >= 0.3 is 12.0 Å².